The molecule has 0 saturated heterocycles. The molecule has 0 aliphatic heterocycles. The number of hydrogen-bond acceptors (Lipinski definition) is 3. The minimum absolute atomic E-state index is 0.161. The van der Waals surface area contributed by atoms with E-state index < -0.39 is 17.7 Å². The quantitative estimate of drug-likeness (QED) is 0.330. The van der Waals surface area contributed by atoms with Gasteiger partial charge < -0.3 is 10.6 Å². The van der Waals surface area contributed by atoms with E-state index in [0.717, 1.165) is 19.3 Å². The molecule has 0 aromatic rings. The highest BCUT2D eigenvalue weighted by molar-refractivity contribution is 14.1. The van der Waals surface area contributed by atoms with Crippen molar-refractivity contribution in [3.63, 3.8) is 0 Å². The molecule has 0 unspecified atom stereocenters. The fourth-order valence-electron chi connectivity index (χ4n) is 1.34. The highest BCUT2D eigenvalue weighted by Crippen LogP contribution is 2.18. The van der Waals surface area contributed by atoms with Gasteiger partial charge in [0.25, 0.3) is 9.82 Å². The second kappa shape index (κ2) is 6.17. The van der Waals surface area contributed by atoms with E-state index in [1.165, 1.54) is 0 Å². The maximum atomic E-state index is 11.7. The van der Waals surface area contributed by atoms with E-state index in [1.807, 2.05) is 6.92 Å². The first-order valence-corrected chi connectivity index (χ1v) is 6.43. The smallest absolute Gasteiger partial charge is 0.289 e. The van der Waals surface area contributed by atoms with Crippen LogP contribution in [0.5, 0.6) is 0 Å². The number of ketones is 1. The van der Waals surface area contributed by atoms with Crippen LogP contribution in [-0.2, 0) is 9.59 Å². The van der Waals surface area contributed by atoms with E-state index in [4.69, 9.17) is 0 Å². The van der Waals surface area contributed by atoms with Crippen LogP contribution in [0.1, 0.15) is 32.6 Å². The van der Waals surface area contributed by atoms with Crippen LogP contribution in [-0.4, -0.2) is 27.7 Å². The predicted molar refractivity (Wildman–Crippen MR) is 67.4 cm³/mol. The van der Waals surface area contributed by atoms with Gasteiger partial charge in [0.05, 0.1) is 6.04 Å². The minimum Gasteiger partial charge on any atom is -0.347 e. The maximum absolute atomic E-state index is 11.7. The molecule has 0 aromatic carbocycles. The molecule has 0 heterocycles. The number of hydrogen-bond donors (Lipinski definition) is 2. The van der Waals surface area contributed by atoms with Gasteiger partial charge in [-0.2, -0.15) is 0 Å². The predicted octanol–water partition coefficient (Wildman–Crippen LogP) is 1.15. The molecule has 1 atom stereocenters. The minimum atomic E-state index is -0.687. The van der Waals surface area contributed by atoms with Gasteiger partial charge in [0, 0.05) is 28.6 Å². The number of carbonyl (C=O) groups excluding carboxylic acids is 3. The molecule has 6 heteroatoms. The lowest BCUT2D eigenvalue weighted by atomic mass is 10.1. The van der Waals surface area contributed by atoms with Crippen molar-refractivity contribution in [1.29, 1.82) is 0 Å². The molecule has 0 spiro atoms. The van der Waals surface area contributed by atoms with Gasteiger partial charge in [-0.05, 0) is 19.3 Å². The van der Waals surface area contributed by atoms with Gasteiger partial charge in [-0.25, -0.2) is 0 Å². The highest BCUT2D eigenvalue weighted by Gasteiger charge is 2.30. The molecular formula is C10H15IN2O3. The summed E-state index contributed by atoms with van der Waals surface area (Å²) in [5.41, 5.74) is 0. The Labute approximate surface area is 108 Å². The summed E-state index contributed by atoms with van der Waals surface area (Å²) in [5.74, 6) is -1.12. The molecule has 1 rings (SSSR count). The Morgan fingerprint density at radius 3 is 2.44 bits per heavy atom. The standard InChI is InChI=1S/C10H15IN2O3/c1-2-3-7(13-10(11)16)8(14)9(15)12-6-4-5-6/h6-7H,2-5H2,1H3,(H,12,15)(H,13,16)/t7-/m0/s1. The van der Waals surface area contributed by atoms with E-state index in [0.29, 0.717) is 6.42 Å². The van der Waals surface area contributed by atoms with Crippen LogP contribution in [0.25, 0.3) is 0 Å². The van der Waals surface area contributed by atoms with Crippen molar-refractivity contribution in [2.24, 2.45) is 0 Å². The Hall–Kier alpha value is -0.660. The van der Waals surface area contributed by atoms with Crippen molar-refractivity contribution >= 4 is 38.2 Å². The fourth-order valence-corrected chi connectivity index (χ4v) is 1.71. The van der Waals surface area contributed by atoms with Crippen LogP contribution >= 0.6 is 22.6 Å². The molecule has 5 nitrogen and oxygen atoms in total. The summed E-state index contributed by atoms with van der Waals surface area (Å²) in [7, 11) is 0. The van der Waals surface area contributed by atoms with Gasteiger partial charge in [0.15, 0.2) is 0 Å². The first kappa shape index (κ1) is 13.4. The van der Waals surface area contributed by atoms with Crippen molar-refractivity contribution in [1.82, 2.24) is 10.6 Å². The number of rotatable bonds is 6. The van der Waals surface area contributed by atoms with Crippen LogP contribution in [0.2, 0.25) is 0 Å². The van der Waals surface area contributed by atoms with Gasteiger partial charge in [0.1, 0.15) is 0 Å². The fraction of sp³-hybridized carbons (Fsp3) is 0.700. The van der Waals surface area contributed by atoms with Crippen LogP contribution in [0.3, 0.4) is 0 Å². The number of nitrogens with one attached hydrogen (secondary N) is 2. The average Bonchev–Trinajstić information content (AvgIpc) is 2.99. The summed E-state index contributed by atoms with van der Waals surface area (Å²) in [5, 5.41) is 5.12. The van der Waals surface area contributed by atoms with E-state index in [2.05, 4.69) is 10.6 Å². The number of carbonyl (C=O) groups is 3. The normalized spacial score (nSPS) is 16.4. The molecule has 90 valence electrons. The van der Waals surface area contributed by atoms with Crippen molar-refractivity contribution in [2.45, 2.75) is 44.7 Å². The highest BCUT2D eigenvalue weighted by atomic mass is 127. The zero-order valence-electron chi connectivity index (χ0n) is 9.09. The zero-order valence-corrected chi connectivity index (χ0v) is 11.2. The lowest BCUT2D eigenvalue weighted by molar-refractivity contribution is -0.139. The van der Waals surface area contributed by atoms with E-state index >= 15 is 0 Å². The summed E-state index contributed by atoms with van der Waals surface area (Å²) < 4.78 is -0.316. The van der Waals surface area contributed by atoms with Crippen molar-refractivity contribution in [3.8, 4) is 0 Å². The van der Waals surface area contributed by atoms with E-state index in [-0.39, 0.29) is 9.96 Å². The van der Waals surface area contributed by atoms with Crippen molar-refractivity contribution in [3.05, 3.63) is 0 Å². The average molecular weight is 338 g/mol. The van der Waals surface area contributed by atoms with Crippen LogP contribution in [0.4, 0.5) is 4.79 Å². The third-order valence-electron chi connectivity index (χ3n) is 2.32. The number of halogens is 1. The lowest BCUT2D eigenvalue weighted by Gasteiger charge is -2.14. The first-order chi connectivity index (χ1) is 7.54. The van der Waals surface area contributed by atoms with Gasteiger partial charge in [-0.1, -0.05) is 13.3 Å². The Morgan fingerprint density at radius 1 is 1.38 bits per heavy atom. The summed E-state index contributed by atoms with van der Waals surface area (Å²) in [6.07, 6.45) is 3.11. The SMILES string of the molecule is CCC[C@H](NC(=O)I)C(=O)C(=O)NC1CC1. The summed E-state index contributed by atoms with van der Waals surface area (Å²) >= 11 is 1.56. The third-order valence-corrected chi connectivity index (χ3v) is 2.63. The molecular weight excluding hydrogens is 323 g/mol. The molecule has 0 radical (unpaired) electrons. The Morgan fingerprint density at radius 2 is 2.00 bits per heavy atom. The molecule has 2 amide bonds. The first-order valence-electron chi connectivity index (χ1n) is 5.35. The topological polar surface area (TPSA) is 75.3 Å². The third kappa shape index (κ3) is 4.46. The Bertz CT molecular complexity index is 302. The molecule has 2 N–H and O–H groups in total. The van der Waals surface area contributed by atoms with Gasteiger partial charge >= 0.3 is 0 Å². The Kier molecular flexibility index (Phi) is 5.17. The Balaban J connectivity index is 2.49. The van der Waals surface area contributed by atoms with Gasteiger partial charge in [0.2, 0.25) is 5.78 Å². The molecule has 1 aliphatic carbocycles. The van der Waals surface area contributed by atoms with Gasteiger partial charge in [-0.15, -0.1) is 0 Å². The summed E-state index contributed by atoms with van der Waals surface area (Å²) in [6.45, 7) is 1.90. The van der Waals surface area contributed by atoms with Crippen LogP contribution in [0, 0.1) is 0 Å². The van der Waals surface area contributed by atoms with Crippen LogP contribution in [0.15, 0.2) is 0 Å². The van der Waals surface area contributed by atoms with Crippen molar-refractivity contribution < 1.29 is 14.4 Å². The molecule has 16 heavy (non-hydrogen) atoms. The molecule has 1 aliphatic rings. The number of Topliss-reactive ketones (excluding diaryl/α,β-unsaturated/α-hetero) is 1. The summed E-state index contributed by atoms with van der Waals surface area (Å²) in [6, 6.07) is -0.526. The molecule has 0 aromatic heterocycles. The molecule has 1 fully saturated rings. The largest absolute Gasteiger partial charge is 0.347 e. The monoisotopic (exact) mass is 338 g/mol. The summed E-state index contributed by atoms with van der Waals surface area (Å²) in [4.78, 5) is 34.1. The zero-order chi connectivity index (χ0) is 12.1. The molecule has 1 saturated carbocycles. The van der Waals surface area contributed by atoms with Crippen molar-refractivity contribution in [2.75, 3.05) is 0 Å². The second-order valence-electron chi connectivity index (χ2n) is 3.87. The van der Waals surface area contributed by atoms with E-state index in [1.54, 1.807) is 22.6 Å². The second-order valence-corrected chi connectivity index (χ2v) is 4.85. The number of amides is 2. The molecule has 0 bridgehead atoms. The van der Waals surface area contributed by atoms with Gasteiger partial charge in [-0.3, -0.25) is 14.4 Å². The lowest BCUT2D eigenvalue weighted by Crippen LogP contribution is -2.46. The van der Waals surface area contributed by atoms with Crippen LogP contribution < -0.4 is 10.6 Å². The van der Waals surface area contributed by atoms with E-state index in [9.17, 15) is 14.4 Å². The maximum Gasteiger partial charge on any atom is 0.289 e.